The second kappa shape index (κ2) is 2.94. The maximum Gasteiger partial charge on any atom is 0.0759 e. The summed E-state index contributed by atoms with van der Waals surface area (Å²) in [6.45, 7) is 0. The molecule has 6 atom stereocenters. The molecule has 4 aliphatic carbocycles. The highest BCUT2D eigenvalue weighted by Gasteiger charge is 2.47. The van der Waals surface area contributed by atoms with Crippen LogP contribution in [0.5, 0.6) is 0 Å². The van der Waals surface area contributed by atoms with Gasteiger partial charge in [0.2, 0.25) is 0 Å². The third kappa shape index (κ3) is 1.04. The van der Waals surface area contributed by atoms with Crippen molar-refractivity contribution in [1.82, 2.24) is 0 Å². The highest BCUT2D eigenvalue weighted by molar-refractivity contribution is 5.19. The first-order chi connectivity index (χ1) is 6.77. The van der Waals surface area contributed by atoms with Crippen molar-refractivity contribution in [2.24, 2.45) is 23.7 Å². The van der Waals surface area contributed by atoms with E-state index < -0.39 is 0 Å². The molecule has 1 fully saturated rings. The highest BCUT2D eigenvalue weighted by Crippen LogP contribution is 2.49. The molecule has 0 radical (unpaired) electrons. The Bertz CT molecular complexity index is 265. The minimum absolute atomic E-state index is 0.263. The van der Waals surface area contributed by atoms with Crippen molar-refractivity contribution in [1.29, 1.82) is 0 Å². The van der Waals surface area contributed by atoms with Crippen LogP contribution in [0.25, 0.3) is 0 Å². The van der Waals surface area contributed by atoms with E-state index in [0.717, 1.165) is 0 Å². The van der Waals surface area contributed by atoms with Crippen molar-refractivity contribution in [3.63, 3.8) is 0 Å². The van der Waals surface area contributed by atoms with Crippen LogP contribution in [0.3, 0.4) is 0 Å². The smallest absolute Gasteiger partial charge is 0.0759 e. The largest absolute Gasteiger partial charge is 0.389 e. The molecule has 1 saturated carbocycles. The molecule has 2 N–H and O–H groups in total. The predicted molar refractivity (Wildman–Crippen MR) is 53.5 cm³/mol. The Morgan fingerprint density at radius 2 is 1.14 bits per heavy atom. The third-order valence-corrected chi connectivity index (χ3v) is 4.17. The molecular weight excluding hydrogens is 176 g/mol. The second-order valence-corrected chi connectivity index (χ2v) is 4.81. The van der Waals surface area contributed by atoms with E-state index in [1.807, 2.05) is 0 Å². The molecule has 0 heterocycles. The van der Waals surface area contributed by atoms with E-state index in [-0.39, 0.29) is 24.0 Å². The van der Waals surface area contributed by atoms with E-state index in [1.165, 1.54) is 12.8 Å². The van der Waals surface area contributed by atoms with Crippen LogP contribution in [-0.4, -0.2) is 22.4 Å². The molecule has 0 saturated heterocycles. The van der Waals surface area contributed by atoms with E-state index in [2.05, 4.69) is 12.2 Å². The Morgan fingerprint density at radius 1 is 0.714 bits per heavy atom. The standard InChI is InChI=1S/C12H16O2/c13-9-5-6-10(14)12-8-2-1-7(3-4-8)11(9)12/h1-2,5-14H,3-4H2/t7-,8-,9-,10+,11-,12+/m0/s1. The molecule has 76 valence electrons. The van der Waals surface area contributed by atoms with Gasteiger partial charge < -0.3 is 10.2 Å². The minimum atomic E-state index is -0.346. The lowest BCUT2D eigenvalue weighted by atomic mass is 9.57. The lowest BCUT2D eigenvalue weighted by molar-refractivity contribution is -0.0382. The zero-order chi connectivity index (χ0) is 9.71. The number of fused-ring (bicyclic) bond motifs is 1. The molecular formula is C12H16O2. The Labute approximate surface area is 83.9 Å². The summed E-state index contributed by atoms with van der Waals surface area (Å²) < 4.78 is 0. The van der Waals surface area contributed by atoms with Gasteiger partial charge in [-0.25, -0.2) is 0 Å². The zero-order valence-electron chi connectivity index (χ0n) is 8.08. The van der Waals surface area contributed by atoms with Gasteiger partial charge in [0.25, 0.3) is 0 Å². The third-order valence-electron chi connectivity index (χ3n) is 4.17. The fourth-order valence-corrected chi connectivity index (χ4v) is 3.52. The van der Waals surface area contributed by atoms with E-state index in [9.17, 15) is 10.2 Å². The van der Waals surface area contributed by atoms with Crippen molar-refractivity contribution in [2.45, 2.75) is 25.0 Å². The average Bonchev–Trinajstić information content (AvgIpc) is 2.25. The molecule has 0 amide bonds. The summed E-state index contributed by atoms with van der Waals surface area (Å²) in [6.07, 6.45) is 9.68. The fraction of sp³-hybridized carbons (Fsp3) is 0.667. The number of aliphatic hydroxyl groups is 2. The van der Waals surface area contributed by atoms with Gasteiger partial charge in [-0.2, -0.15) is 0 Å². The fourth-order valence-electron chi connectivity index (χ4n) is 3.52. The quantitative estimate of drug-likeness (QED) is 0.564. The topological polar surface area (TPSA) is 40.5 Å². The normalized spacial score (nSPS) is 54.7. The van der Waals surface area contributed by atoms with Gasteiger partial charge in [-0.1, -0.05) is 24.3 Å². The number of aliphatic hydroxyl groups excluding tert-OH is 2. The van der Waals surface area contributed by atoms with Crippen LogP contribution in [0.1, 0.15) is 12.8 Å². The highest BCUT2D eigenvalue weighted by atomic mass is 16.3. The summed E-state index contributed by atoms with van der Waals surface area (Å²) in [5.41, 5.74) is 0. The van der Waals surface area contributed by atoms with Gasteiger partial charge in [0.15, 0.2) is 0 Å². The number of rotatable bonds is 0. The zero-order valence-corrected chi connectivity index (χ0v) is 8.08. The van der Waals surface area contributed by atoms with E-state index in [0.29, 0.717) is 11.8 Å². The first-order valence-corrected chi connectivity index (χ1v) is 5.50. The summed E-state index contributed by atoms with van der Waals surface area (Å²) in [7, 11) is 0. The summed E-state index contributed by atoms with van der Waals surface area (Å²) >= 11 is 0. The monoisotopic (exact) mass is 192 g/mol. The van der Waals surface area contributed by atoms with Crippen molar-refractivity contribution in [3.05, 3.63) is 24.3 Å². The Hall–Kier alpha value is -0.600. The van der Waals surface area contributed by atoms with Gasteiger partial charge in [-0.15, -0.1) is 0 Å². The molecule has 0 spiro atoms. The lowest BCUT2D eigenvalue weighted by Crippen LogP contribution is -2.49. The lowest BCUT2D eigenvalue weighted by Gasteiger charge is -2.49. The van der Waals surface area contributed by atoms with Crippen LogP contribution < -0.4 is 0 Å². The van der Waals surface area contributed by atoms with E-state index >= 15 is 0 Å². The number of allylic oxidation sites excluding steroid dienone is 2. The van der Waals surface area contributed by atoms with Crippen LogP contribution in [0, 0.1) is 23.7 Å². The van der Waals surface area contributed by atoms with Crippen molar-refractivity contribution < 1.29 is 10.2 Å². The van der Waals surface area contributed by atoms with Gasteiger partial charge in [0, 0.05) is 11.8 Å². The van der Waals surface area contributed by atoms with Gasteiger partial charge in [-0.05, 0) is 24.7 Å². The maximum absolute atomic E-state index is 9.91. The molecule has 2 nitrogen and oxygen atoms in total. The summed E-state index contributed by atoms with van der Waals surface area (Å²) in [6, 6.07) is 0. The SMILES string of the molecule is O[C@@H]1C=C[C@H](O)[C@H]2[C@@H]1[C@H]1C=C[C@H]2CC1. The Kier molecular flexibility index (Phi) is 1.83. The molecule has 0 aromatic rings. The van der Waals surface area contributed by atoms with Crippen LogP contribution in [0.2, 0.25) is 0 Å². The molecule has 0 aromatic heterocycles. The van der Waals surface area contributed by atoms with Gasteiger partial charge >= 0.3 is 0 Å². The van der Waals surface area contributed by atoms with Crippen molar-refractivity contribution >= 4 is 0 Å². The minimum Gasteiger partial charge on any atom is -0.389 e. The summed E-state index contributed by atoms with van der Waals surface area (Å²) in [5, 5.41) is 19.8. The Balaban J connectivity index is 2.00. The summed E-state index contributed by atoms with van der Waals surface area (Å²) in [5.74, 6) is 1.50. The first-order valence-electron chi connectivity index (χ1n) is 5.50. The van der Waals surface area contributed by atoms with Gasteiger partial charge in [0.1, 0.15) is 0 Å². The number of hydrogen-bond donors (Lipinski definition) is 2. The first kappa shape index (κ1) is 8.69. The van der Waals surface area contributed by atoms with Crippen LogP contribution >= 0.6 is 0 Å². The second-order valence-electron chi connectivity index (χ2n) is 4.81. The predicted octanol–water partition coefficient (Wildman–Crippen LogP) is 1.11. The summed E-state index contributed by atoms with van der Waals surface area (Å²) in [4.78, 5) is 0. The maximum atomic E-state index is 9.91. The molecule has 2 heteroatoms. The van der Waals surface area contributed by atoms with E-state index in [1.54, 1.807) is 12.2 Å². The molecule has 0 aromatic carbocycles. The molecule has 4 rings (SSSR count). The molecule has 0 unspecified atom stereocenters. The van der Waals surface area contributed by atoms with Crippen LogP contribution in [0.4, 0.5) is 0 Å². The molecule has 4 aliphatic rings. The van der Waals surface area contributed by atoms with Gasteiger partial charge in [-0.3, -0.25) is 0 Å². The Morgan fingerprint density at radius 3 is 1.50 bits per heavy atom. The molecule has 2 bridgehead atoms. The molecule has 0 aliphatic heterocycles. The molecule has 14 heavy (non-hydrogen) atoms. The van der Waals surface area contributed by atoms with Crippen LogP contribution in [0.15, 0.2) is 24.3 Å². The average molecular weight is 192 g/mol. The van der Waals surface area contributed by atoms with Gasteiger partial charge in [0.05, 0.1) is 12.2 Å². The van der Waals surface area contributed by atoms with E-state index in [4.69, 9.17) is 0 Å². The van der Waals surface area contributed by atoms with Crippen molar-refractivity contribution in [3.8, 4) is 0 Å². The van der Waals surface area contributed by atoms with Crippen molar-refractivity contribution in [2.75, 3.05) is 0 Å². The van der Waals surface area contributed by atoms with Crippen LogP contribution in [-0.2, 0) is 0 Å². The number of hydrogen-bond acceptors (Lipinski definition) is 2.